The lowest BCUT2D eigenvalue weighted by molar-refractivity contribution is 0.628. The molecule has 0 atom stereocenters. The minimum absolute atomic E-state index is 0.258. The number of benzene rings is 2. The fourth-order valence-electron chi connectivity index (χ4n) is 2.92. The van der Waals surface area contributed by atoms with Gasteiger partial charge in [0.2, 0.25) is 0 Å². The van der Waals surface area contributed by atoms with Crippen LogP contribution in [0, 0.1) is 5.82 Å². The first kappa shape index (κ1) is 16.3. The molecule has 2 aromatic heterocycles. The molecule has 0 N–H and O–H groups in total. The first-order valence-corrected chi connectivity index (χ1v) is 8.94. The van der Waals surface area contributed by atoms with Crippen LogP contribution in [0.15, 0.2) is 71.3 Å². The second kappa shape index (κ2) is 6.62. The van der Waals surface area contributed by atoms with Gasteiger partial charge in [-0.2, -0.15) is 0 Å². The molecule has 0 aliphatic carbocycles. The van der Waals surface area contributed by atoms with E-state index in [4.69, 9.17) is 16.6 Å². The lowest BCUT2D eigenvalue weighted by Crippen LogP contribution is -1.97. The summed E-state index contributed by atoms with van der Waals surface area (Å²) in [7, 11) is 0. The van der Waals surface area contributed by atoms with Gasteiger partial charge in [0.15, 0.2) is 0 Å². The molecular weight excluding hydrogens is 403 g/mol. The van der Waals surface area contributed by atoms with Gasteiger partial charge in [0, 0.05) is 27.7 Å². The Bertz CT molecular complexity index is 1060. The van der Waals surface area contributed by atoms with Crippen molar-refractivity contribution in [3.63, 3.8) is 0 Å². The molecule has 124 valence electrons. The van der Waals surface area contributed by atoms with Crippen molar-refractivity contribution in [3.8, 4) is 11.3 Å². The van der Waals surface area contributed by atoms with Crippen molar-refractivity contribution in [1.29, 1.82) is 0 Å². The Morgan fingerprint density at radius 1 is 1.04 bits per heavy atom. The summed E-state index contributed by atoms with van der Waals surface area (Å²) in [6, 6.07) is 18.1. The molecule has 0 bridgehead atoms. The zero-order chi connectivity index (χ0) is 17.4. The maximum Gasteiger partial charge on any atom is 0.137 e. The average molecular weight is 416 g/mol. The van der Waals surface area contributed by atoms with Gasteiger partial charge in [0.25, 0.3) is 0 Å². The largest absolute Gasteiger partial charge is 0.302 e. The summed E-state index contributed by atoms with van der Waals surface area (Å²) in [5, 5.41) is 0.704. The van der Waals surface area contributed by atoms with Crippen molar-refractivity contribution in [3.05, 3.63) is 93.4 Å². The van der Waals surface area contributed by atoms with Crippen LogP contribution in [0.3, 0.4) is 0 Å². The molecule has 0 fully saturated rings. The Balaban J connectivity index is 1.91. The van der Waals surface area contributed by atoms with Gasteiger partial charge in [0.1, 0.15) is 11.5 Å². The van der Waals surface area contributed by atoms with Crippen LogP contribution >= 0.6 is 27.5 Å². The number of hydrogen-bond donors (Lipinski definition) is 0. The topological polar surface area (TPSA) is 17.3 Å². The van der Waals surface area contributed by atoms with E-state index in [1.54, 1.807) is 12.1 Å². The van der Waals surface area contributed by atoms with E-state index >= 15 is 0 Å². The molecule has 0 amide bonds. The monoisotopic (exact) mass is 414 g/mol. The summed E-state index contributed by atoms with van der Waals surface area (Å²) in [6.45, 7) is 0. The lowest BCUT2D eigenvalue weighted by Gasteiger charge is -2.07. The van der Waals surface area contributed by atoms with Gasteiger partial charge in [-0.25, -0.2) is 9.37 Å². The van der Waals surface area contributed by atoms with Crippen LogP contribution in [0.2, 0.25) is 5.02 Å². The molecule has 4 aromatic rings. The molecule has 2 aromatic carbocycles. The summed E-state index contributed by atoms with van der Waals surface area (Å²) in [5.41, 5.74) is 4.71. The Morgan fingerprint density at radius 2 is 1.84 bits per heavy atom. The SMILES string of the molecule is Fc1ccc(-c2nc3ccc(Br)cn3c2Cc2cccc(Cl)c2)cc1. The molecule has 25 heavy (non-hydrogen) atoms. The smallest absolute Gasteiger partial charge is 0.137 e. The van der Waals surface area contributed by atoms with Crippen molar-refractivity contribution >= 4 is 33.2 Å². The molecule has 0 aliphatic heterocycles. The number of imidazole rings is 1. The van der Waals surface area contributed by atoms with Gasteiger partial charge in [-0.15, -0.1) is 0 Å². The van der Waals surface area contributed by atoms with E-state index in [-0.39, 0.29) is 5.82 Å². The standard InChI is InChI=1S/C20H13BrClFN2/c21-15-6-9-19-24-20(14-4-7-17(23)8-5-14)18(25(19)12-15)11-13-2-1-3-16(22)10-13/h1-10,12H,11H2. The van der Waals surface area contributed by atoms with Gasteiger partial charge in [-0.3, -0.25) is 0 Å². The molecule has 0 saturated carbocycles. The van der Waals surface area contributed by atoms with E-state index in [2.05, 4.69) is 20.3 Å². The summed E-state index contributed by atoms with van der Waals surface area (Å²) >= 11 is 9.65. The third kappa shape index (κ3) is 3.32. The van der Waals surface area contributed by atoms with E-state index in [1.165, 1.54) is 12.1 Å². The molecule has 0 unspecified atom stereocenters. The number of fused-ring (bicyclic) bond motifs is 1. The van der Waals surface area contributed by atoms with Crippen LogP contribution in [0.1, 0.15) is 11.3 Å². The fraction of sp³-hybridized carbons (Fsp3) is 0.0500. The first-order valence-electron chi connectivity index (χ1n) is 7.77. The molecular formula is C20H13BrClFN2. The van der Waals surface area contributed by atoms with Crippen molar-refractivity contribution in [2.45, 2.75) is 6.42 Å². The van der Waals surface area contributed by atoms with Crippen LogP contribution in [0.25, 0.3) is 16.9 Å². The fourth-order valence-corrected chi connectivity index (χ4v) is 3.47. The molecule has 0 radical (unpaired) electrons. The molecule has 2 heterocycles. The maximum atomic E-state index is 13.3. The Kier molecular flexibility index (Phi) is 4.32. The highest BCUT2D eigenvalue weighted by Gasteiger charge is 2.15. The Hall–Kier alpha value is -2.17. The van der Waals surface area contributed by atoms with Gasteiger partial charge in [-0.1, -0.05) is 23.7 Å². The predicted molar refractivity (Wildman–Crippen MR) is 103 cm³/mol. The van der Waals surface area contributed by atoms with Crippen LogP contribution in [-0.2, 0) is 6.42 Å². The van der Waals surface area contributed by atoms with E-state index in [0.717, 1.165) is 32.6 Å². The minimum atomic E-state index is -0.258. The van der Waals surface area contributed by atoms with E-state index < -0.39 is 0 Å². The van der Waals surface area contributed by atoms with Crippen molar-refractivity contribution < 1.29 is 4.39 Å². The minimum Gasteiger partial charge on any atom is -0.302 e. The predicted octanol–water partition coefficient (Wildman–Crippen LogP) is 6.15. The van der Waals surface area contributed by atoms with Gasteiger partial charge >= 0.3 is 0 Å². The molecule has 0 spiro atoms. The third-order valence-electron chi connectivity index (χ3n) is 4.06. The zero-order valence-electron chi connectivity index (χ0n) is 13.1. The van der Waals surface area contributed by atoms with Crippen LogP contribution in [0.4, 0.5) is 4.39 Å². The molecule has 2 nitrogen and oxygen atoms in total. The second-order valence-electron chi connectivity index (χ2n) is 5.80. The van der Waals surface area contributed by atoms with Crippen molar-refractivity contribution in [2.75, 3.05) is 0 Å². The summed E-state index contributed by atoms with van der Waals surface area (Å²) in [6.07, 6.45) is 2.67. The quantitative estimate of drug-likeness (QED) is 0.392. The van der Waals surface area contributed by atoms with E-state index in [0.29, 0.717) is 11.4 Å². The maximum absolute atomic E-state index is 13.3. The molecule has 4 rings (SSSR count). The van der Waals surface area contributed by atoms with Crippen LogP contribution in [-0.4, -0.2) is 9.38 Å². The highest BCUT2D eigenvalue weighted by atomic mass is 79.9. The number of nitrogens with zero attached hydrogens (tertiary/aromatic N) is 2. The molecule has 0 aliphatic rings. The zero-order valence-corrected chi connectivity index (χ0v) is 15.4. The van der Waals surface area contributed by atoms with Crippen LogP contribution in [0.5, 0.6) is 0 Å². The third-order valence-corrected chi connectivity index (χ3v) is 4.76. The number of aromatic nitrogens is 2. The summed E-state index contributed by atoms with van der Waals surface area (Å²) in [5.74, 6) is -0.258. The molecule has 5 heteroatoms. The number of rotatable bonds is 3. The van der Waals surface area contributed by atoms with E-state index in [1.807, 2.05) is 42.6 Å². The molecule has 0 saturated heterocycles. The van der Waals surface area contributed by atoms with Crippen molar-refractivity contribution in [1.82, 2.24) is 9.38 Å². The summed E-state index contributed by atoms with van der Waals surface area (Å²) < 4.78 is 16.3. The number of pyridine rings is 1. The Morgan fingerprint density at radius 3 is 2.60 bits per heavy atom. The number of hydrogen-bond acceptors (Lipinski definition) is 1. The average Bonchev–Trinajstić information content (AvgIpc) is 2.93. The summed E-state index contributed by atoms with van der Waals surface area (Å²) in [4.78, 5) is 4.76. The normalized spacial score (nSPS) is 11.2. The van der Waals surface area contributed by atoms with Gasteiger partial charge in [-0.05, 0) is 70.0 Å². The van der Waals surface area contributed by atoms with Gasteiger partial charge in [0.05, 0.1) is 11.4 Å². The van der Waals surface area contributed by atoms with Gasteiger partial charge < -0.3 is 4.40 Å². The van der Waals surface area contributed by atoms with E-state index in [9.17, 15) is 4.39 Å². The highest BCUT2D eigenvalue weighted by Crippen LogP contribution is 2.28. The number of halogens is 3. The van der Waals surface area contributed by atoms with Crippen molar-refractivity contribution in [2.24, 2.45) is 0 Å². The first-order chi connectivity index (χ1) is 12.1. The lowest BCUT2D eigenvalue weighted by atomic mass is 10.0. The Labute approximate surface area is 158 Å². The highest BCUT2D eigenvalue weighted by molar-refractivity contribution is 9.10. The van der Waals surface area contributed by atoms with Crippen LogP contribution < -0.4 is 0 Å². The second-order valence-corrected chi connectivity index (χ2v) is 7.15.